The molecule has 0 radical (unpaired) electrons. The van der Waals surface area contributed by atoms with Crippen molar-refractivity contribution in [1.82, 2.24) is 10.2 Å². The summed E-state index contributed by atoms with van der Waals surface area (Å²) in [6, 6.07) is 19.5. The predicted molar refractivity (Wildman–Crippen MR) is 156 cm³/mol. The molecule has 0 aromatic heterocycles. The number of alkyl carbamates (subject to hydrolysis) is 1. The Labute approximate surface area is 236 Å². The minimum absolute atomic E-state index is 0.0877. The van der Waals surface area contributed by atoms with Crippen LogP contribution in [0.25, 0.3) is 0 Å². The fourth-order valence-electron chi connectivity index (χ4n) is 4.40. The summed E-state index contributed by atoms with van der Waals surface area (Å²) in [6.07, 6.45) is -0.518. The summed E-state index contributed by atoms with van der Waals surface area (Å²) in [5.74, 6) is -0.761. The van der Waals surface area contributed by atoms with Gasteiger partial charge in [-0.05, 0) is 82.0 Å². The minimum atomic E-state index is -1.03. The summed E-state index contributed by atoms with van der Waals surface area (Å²) in [6.45, 7) is 10.8. The van der Waals surface area contributed by atoms with Crippen LogP contribution in [0.4, 0.5) is 10.5 Å². The molecule has 0 fully saturated rings. The van der Waals surface area contributed by atoms with Crippen molar-refractivity contribution in [2.75, 3.05) is 11.9 Å². The molecule has 3 N–H and O–H groups in total. The molecular formula is C32H39N3O5. The normalized spacial score (nSPS) is 12.7. The number of likely N-dealkylation sites (N-methyl/N-ethyl adjacent to an activating group) is 1. The molecule has 0 saturated carbocycles. The number of aryl methyl sites for hydroxylation is 2. The second kappa shape index (κ2) is 13.2. The SMILES string of the molecule is CCN(C(=O)C(Cc1ccccc1)NC(=O)OC(C)(C)C)C(C(=O)Nc1ccccc1C)c1ccc(O)c(C)c1. The minimum Gasteiger partial charge on any atom is -0.508 e. The first-order valence-electron chi connectivity index (χ1n) is 13.4. The van der Waals surface area contributed by atoms with Gasteiger partial charge in [0.15, 0.2) is 0 Å². The van der Waals surface area contributed by atoms with Gasteiger partial charge >= 0.3 is 6.09 Å². The molecule has 0 aliphatic rings. The predicted octanol–water partition coefficient (Wildman–Crippen LogP) is 5.67. The number of para-hydroxylation sites is 1. The van der Waals surface area contributed by atoms with E-state index in [4.69, 9.17) is 4.74 Å². The molecule has 0 aliphatic heterocycles. The van der Waals surface area contributed by atoms with Gasteiger partial charge in [-0.15, -0.1) is 0 Å². The Balaban J connectivity index is 2.03. The van der Waals surface area contributed by atoms with E-state index in [0.717, 1.165) is 11.1 Å². The molecule has 3 rings (SSSR count). The number of rotatable bonds is 9. The number of phenols is 1. The van der Waals surface area contributed by atoms with E-state index < -0.39 is 35.6 Å². The number of hydrogen-bond donors (Lipinski definition) is 3. The largest absolute Gasteiger partial charge is 0.508 e. The summed E-state index contributed by atoms with van der Waals surface area (Å²) >= 11 is 0. The fourth-order valence-corrected chi connectivity index (χ4v) is 4.40. The average molecular weight is 546 g/mol. The highest BCUT2D eigenvalue weighted by Gasteiger charge is 2.36. The molecule has 8 nitrogen and oxygen atoms in total. The molecule has 0 saturated heterocycles. The number of benzene rings is 3. The van der Waals surface area contributed by atoms with Crippen molar-refractivity contribution in [1.29, 1.82) is 0 Å². The Morgan fingerprint density at radius 3 is 2.17 bits per heavy atom. The van der Waals surface area contributed by atoms with Crippen molar-refractivity contribution in [3.05, 3.63) is 95.1 Å². The summed E-state index contributed by atoms with van der Waals surface area (Å²) in [5.41, 5.74) is 2.70. The number of anilines is 1. The first-order chi connectivity index (χ1) is 18.9. The van der Waals surface area contributed by atoms with Crippen LogP contribution in [0.1, 0.15) is 56.0 Å². The van der Waals surface area contributed by atoms with Crippen molar-refractivity contribution in [3.8, 4) is 5.75 Å². The molecule has 3 aromatic carbocycles. The fraction of sp³-hybridized carbons (Fsp3) is 0.344. The number of ether oxygens (including phenoxy) is 1. The second-order valence-corrected chi connectivity index (χ2v) is 10.8. The van der Waals surface area contributed by atoms with Gasteiger partial charge in [0.2, 0.25) is 5.91 Å². The zero-order valence-corrected chi connectivity index (χ0v) is 24.0. The van der Waals surface area contributed by atoms with E-state index >= 15 is 0 Å². The van der Waals surface area contributed by atoms with E-state index in [2.05, 4.69) is 10.6 Å². The van der Waals surface area contributed by atoms with Crippen LogP contribution in [0.2, 0.25) is 0 Å². The van der Waals surface area contributed by atoms with Gasteiger partial charge in [-0.3, -0.25) is 9.59 Å². The lowest BCUT2D eigenvalue weighted by molar-refractivity contribution is -0.140. The summed E-state index contributed by atoms with van der Waals surface area (Å²) in [7, 11) is 0. The maximum absolute atomic E-state index is 14.2. The lowest BCUT2D eigenvalue weighted by Gasteiger charge is -2.34. The number of aromatic hydroxyl groups is 1. The van der Waals surface area contributed by atoms with Gasteiger partial charge in [0, 0.05) is 18.7 Å². The zero-order valence-electron chi connectivity index (χ0n) is 24.0. The van der Waals surface area contributed by atoms with Crippen LogP contribution in [-0.2, 0) is 20.7 Å². The Morgan fingerprint density at radius 2 is 1.57 bits per heavy atom. The van der Waals surface area contributed by atoms with E-state index in [-0.39, 0.29) is 18.7 Å². The zero-order chi connectivity index (χ0) is 29.4. The monoisotopic (exact) mass is 545 g/mol. The van der Waals surface area contributed by atoms with E-state index in [0.29, 0.717) is 16.8 Å². The molecule has 2 atom stereocenters. The average Bonchev–Trinajstić information content (AvgIpc) is 2.89. The Hall–Kier alpha value is -4.33. The number of hydrogen-bond acceptors (Lipinski definition) is 5. The molecule has 0 aliphatic carbocycles. The van der Waals surface area contributed by atoms with Crippen LogP contribution >= 0.6 is 0 Å². The molecular weight excluding hydrogens is 506 g/mol. The third-order valence-corrected chi connectivity index (χ3v) is 6.40. The Kier molecular flexibility index (Phi) is 9.93. The molecule has 40 heavy (non-hydrogen) atoms. The molecule has 0 spiro atoms. The summed E-state index contributed by atoms with van der Waals surface area (Å²) in [5, 5.41) is 15.8. The summed E-state index contributed by atoms with van der Waals surface area (Å²) < 4.78 is 5.46. The van der Waals surface area contributed by atoms with Gasteiger partial charge in [0.1, 0.15) is 23.4 Å². The van der Waals surface area contributed by atoms with Crippen LogP contribution < -0.4 is 10.6 Å². The van der Waals surface area contributed by atoms with Gasteiger partial charge in [-0.2, -0.15) is 0 Å². The van der Waals surface area contributed by atoms with Crippen LogP contribution in [0.5, 0.6) is 5.75 Å². The third kappa shape index (κ3) is 8.09. The van der Waals surface area contributed by atoms with Crippen LogP contribution in [0.3, 0.4) is 0 Å². The van der Waals surface area contributed by atoms with E-state index in [9.17, 15) is 19.5 Å². The Bertz CT molecular complexity index is 1330. The third-order valence-electron chi connectivity index (χ3n) is 6.40. The molecule has 3 amide bonds. The van der Waals surface area contributed by atoms with Crippen molar-refractivity contribution in [2.24, 2.45) is 0 Å². The second-order valence-electron chi connectivity index (χ2n) is 10.8. The van der Waals surface area contributed by atoms with E-state index in [1.807, 2.05) is 55.5 Å². The van der Waals surface area contributed by atoms with Gasteiger partial charge in [-0.25, -0.2) is 4.79 Å². The molecule has 2 unspecified atom stereocenters. The van der Waals surface area contributed by atoms with Crippen molar-refractivity contribution in [2.45, 2.75) is 65.6 Å². The topological polar surface area (TPSA) is 108 Å². The molecule has 0 heterocycles. The highest BCUT2D eigenvalue weighted by molar-refractivity contribution is 5.99. The van der Waals surface area contributed by atoms with E-state index in [1.165, 1.54) is 11.0 Å². The number of nitrogens with zero attached hydrogens (tertiary/aromatic N) is 1. The van der Waals surface area contributed by atoms with Crippen LogP contribution in [-0.4, -0.2) is 46.1 Å². The smallest absolute Gasteiger partial charge is 0.408 e. The Morgan fingerprint density at radius 1 is 0.925 bits per heavy atom. The van der Waals surface area contributed by atoms with Crippen LogP contribution in [0.15, 0.2) is 72.8 Å². The van der Waals surface area contributed by atoms with Crippen molar-refractivity contribution >= 4 is 23.6 Å². The molecule has 212 valence electrons. The van der Waals surface area contributed by atoms with Gasteiger partial charge in [0.05, 0.1) is 0 Å². The number of amides is 3. The van der Waals surface area contributed by atoms with Crippen molar-refractivity contribution < 1.29 is 24.2 Å². The van der Waals surface area contributed by atoms with Crippen molar-refractivity contribution in [3.63, 3.8) is 0 Å². The van der Waals surface area contributed by atoms with E-state index in [1.54, 1.807) is 52.8 Å². The maximum atomic E-state index is 14.2. The molecule has 3 aromatic rings. The quantitative estimate of drug-likeness (QED) is 0.321. The first kappa shape index (κ1) is 30.2. The summed E-state index contributed by atoms with van der Waals surface area (Å²) in [4.78, 5) is 42.3. The van der Waals surface area contributed by atoms with Gasteiger partial charge < -0.3 is 25.4 Å². The standard InChI is InChI=1S/C32H39N3O5/c1-7-35(30(38)26(20-23-14-9-8-10-15-23)34-31(39)40-32(4,5)6)28(24-17-18-27(36)22(3)19-24)29(37)33-25-16-12-11-13-21(25)2/h8-19,26,28,36H,7,20H2,1-6H3,(H,33,37)(H,34,39). The highest BCUT2D eigenvalue weighted by Crippen LogP contribution is 2.29. The van der Waals surface area contributed by atoms with Crippen LogP contribution in [0, 0.1) is 13.8 Å². The number of carbonyl (C=O) groups excluding carboxylic acids is 3. The highest BCUT2D eigenvalue weighted by atomic mass is 16.6. The molecule has 8 heteroatoms. The molecule has 0 bridgehead atoms. The first-order valence-corrected chi connectivity index (χ1v) is 13.4. The lowest BCUT2D eigenvalue weighted by atomic mass is 9.98. The van der Waals surface area contributed by atoms with Gasteiger partial charge in [0.25, 0.3) is 5.91 Å². The number of phenolic OH excluding ortho intramolecular Hbond substituents is 1. The maximum Gasteiger partial charge on any atom is 0.408 e. The van der Waals surface area contributed by atoms with Gasteiger partial charge in [-0.1, -0.05) is 54.6 Å². The number of nitrogens with one attached hydrogen (secondary N) is 2. The number of carbonyl (C=O) groups is 3. The lowest BCUT2D eigenvalue weighted by Crippen LogP contribution is -2.53.